The monoisotopic (exact) mass is 267 g/mol. The Morgan fingerprint density at radius 2 is 1.84 bits per heavy atom. The fourth-order valence-corrected chi connectivity index (χ4v) is 3.28. The Kier molecular flexibility index (Phi) is 3.67. The zero-order chi connectivity index (χ0) is 14.2. The van der Waals surface area contributed by atoms with Gasteiger partial charge in [-0.1, -0.05) is 12.2 Å². The summed E-state index contributed by atoms with van der Waals surface area (Å²) in [5.74, 6) is -2.17. The van der Waals surface area contributed by atoms with E-state index in [1.165, 1.54) is 0 Å². The molecule has 0 saturated heterocycles. The van der Waals surface area contributed by atoms with E-state index in [0.717, 1.165) is 6.42 Å². The first-order valence-electron chi connectivity index (χ1n) is 6.70. The smallest absolute Gasteiger partial charge is 0.307 e. The summed E-state index contributed by atoms with van der Waals surface area (Å²) in [4.78, 5) is 23.7. The molecule has 1 saturated carbocycles. The average molecular weight is 267 g/mol. The predicted octanol–water partition coefficient (Wildman–Crippen LogP) is 0.787. The second-order valence-electron chi connectivity index (χ2n) is 6.18. The lowest BCUT2D eigenvalue weighted by Crippen LogP contribution is -2.49. The number of aliphatic hydroxyl groups is 1. The molecule has 106 valence electrons. The van der Waals surface area contributed by atoms with Crippen molar-refractivity contribution in [3.63, 3.8) is 0 Å². The molecule has 5 heteroatoms. The predicted molar refractivity (Wildman–Crippen MR) is 69.3 cm³/mol. The number of nitrogens with one attached hydrogen (secondary N) is 1. The maximum atomic E-state index is 12.4. The van der Waals surface area contributed by atoms with E-state index in [0.29, 0.717) is 6.42 Å². The molecular weight excluding hydrogens is 246 g/mol. The zero-order valence-corrected chi connectivity index (χ0v) is 11.3. The van der Waals surface area contributed by atoms with Crippen LogP contribution in [0.1, 0.15) is 26.7 Å². The van der Waals surface area contributed by atoms with Crippen molar-refractivity contribution in [2.75, 3.05) is 6.61 Å². The molecule has 1 amide bonds. The summed E-state index contributed by atoms with van der Waals surface area (Å²) in [7, 11) is 0. The van der Waals surface area contributed by atoms with Crippen molar-refractivity contribution < 1.29 is 19.8 Å². The summed E-state index contributed by atoms with van der Waals surface area (Å²) in [6.45, 7) is 3.66. The topological polar surface area (TPSA) is 86.6 Å². The highest BCUT2D eigenvalue weighted by molar-refractivity contribution is 5.87. The van der Waals surface area contributed by atoms with Gasteiger partial charge in [0.1, 0.15) is 0 Å². The molecule has 0 spiro atoms. The second-order valence-corrected chi connectivity index (χ2v) is 6.18. The quantitative estimate of drug-likeness (QED) is 0.643. The van der Waals surface area contributed by atoms with Gasteiger partial charge in [-0.2, -0.15) is 0 Å². The first kappa shape index (κ1) is 14.1. The molecule has 4 atom stereocenters. The van der Waals surface area contributed by atoms with Crippen LogP contribution in [-0.2, 0) is 9.59 Å². The Labute approximate surface area is 112 Å². The van der Waals surface area contributed by atoms with E-state index in [4.69, 9.17) is 5.11 Å². The lowest BCUT2D eigenvalue weighted by Gasteiger charge is -2.30. The van der Waals surface area contributed by atoms with E-state index >= 15 is 0 Å². The largest absolute Gasteiger partial charge is 0.481 e. The van der Waals surface area contributed by atoms with Gasteiger partial charge in [-0.15, -0.1) is 0 Å². The van der Waals surface area contributed by atoms with Gasteiger partial charge in [-0.05, 0) is 38.5 Å². The van der Waals surface area contributed by atoms with Crippen LogP contribution in [-0.4, -0.2) is 34.2 Å². The molecule has 19 heavy (non-hydrogen) atoms. The molecule has 1 fully saturated rings. The summed E-state index contributed by atoms with van der Waals surface area (Å²) >= 11 is 0. The van der Waals surface area contributed by atoms with Crippen LogP contribution in [0.5, 0.6) is 0 Å². The second kappa shape index (κ2) is 4.96. The van der Waals surface area contributed by atoms with Crippen molar-refractivity contribution in [2.45, 2.75) is 32.2 Å². The van der Waals surface area contributed by atoms with E-state index in [1.54, 1.807) is 0 Å². The first-order chi connectivity index (χ1) is 8.85. The summed E-state index contributed by atoms with van der Waals surface area (Å²) in [5, 5.41) is 21.1. The number of allylic oxidation sites excluding steroid dienone is 2. The number of aliphatic carboxylic acids is 1. The summed E-state index contributed by atoms with van der Waals surface area (Å²) in [5.41, 5.74) is -0.513. The van der Waals surface area contributed by atoms with Gasteiger partial charge >= 0.3 is 5.97 Å². The maximum absolute atomic E-state index is 12.4. The van der Waals surface area contributed by atoms with Crippen LogP contribution >= 0.6 is 0 Å². The van der Waals surface area contributed by atoms with E-state index in [1.807, 2.05) is 26.0 Å². The summed E-state index contributed by atoms with van der Waals surface area (Å²) < 4.78 is 0. The molecule has 2 unspecified atom stereocenters. The number of carbonyl (C=O) groups is 2. The third-order valence-corrected chi connectivity index (χ3v) is 4.25. The number of aliphatic hydroxyl groups excluding tert-OH is 1. The van der Waals surface area contributed by atoms with E-state index in [9.17, 15) is 14.7 Å². The molecule has 2 aliphatic rings. The Balaban J connectivity index is 2.10. The highest BCUT2D eigenvalue weighted by atomic mass is 16.4. The van der Waals surface area contributed by atoms with Gasteiger partial charge in [0.05, 0.1) is 11.8 Å². The van der Waals surface area contributed by atoms with Gasteiger partial charge in [0, 0.05) is 12.1 Å². The fourth-order valence-electron chi connectivity index (χ4n) is 3.28. The Hall–Kier alpha value is -1.36. The SMILES string of the molecule is CC(C)(CCO)NC(=O)[C@H]1C2C=CC(C2)[C@H]1C(=O)O. The number of carboxylic acids is 1. The van der Waals surface area contributed by atoms with Gasteiger partial charge < -0.3 is 15.5 Å². The lowest BCUT2D eigenvalue weighted by molar-refractivity contribution is -0.148. The molecule has 0 aromatic heterocycles. The van der Waals surface area contributed by atoms with Crippen molar-refractivity contribution in [3.05, 3.63) is 12.2 Å². The summed E-state index contributed by atoms with van der Waals surface area (Å²) in [6, 6.07) is 0. The molecule has 0 aromatic rings. The van der Waals surface area contributed by atoms with Crippen molar-refractivity contribution in [1.29, 1.82) is 0 Å². The van der Waals surface area contributed by atoms with Crippen molar-refractivity contribution >= 4 is 11.9 Å². The average Bonchev–Trinajstić information content (AvgIpc) is 2.86. The van der Waals surface area contributed by atoms with Crippen molar-refractivity contribution in [2.24, 2.45) is 23.7 Å². The molecule has 5 nitrogen and oxygen atoms in total. The molecule has 0 aliphatic heterocycles. The number of carboxylic acid groups (broad SMARTS) is 1. The van der Waals surface area contributed by atoms with E-state index in [-0.39, 0.29) is 24.3 Å². The Morgan fingerprint density at radius 3 is 2.37 bits per heavy atom. The molecule has 3 N–H and O–H groups in total. The third-order valence-electron chi connectivity index (χ3n) is 4.25. The van der Waals surface area contributed by atoms with Gasteiger partial charge in [0.25, 0.3) is 0 Å². The zero-order valence-electron chi connectivity index (χ0n) is 11.3. The summed E-state index contributed by atoms with van der Waals surface area (Å²) in [6.07, 6.45) is 5.10. The lowest BCUT2D eigenvalue weighted by atomic mass is 9.82. The van der Waals surface area contributed by atoms with Gasteiger partial charge in [-0.3, -0.25) is 9.59 Å². The third kappa shape index (κ3) is 2.66. The van der Waals surface area contributed by atoms with Crippen LogP contribution in [0.4, 0.5) is 0 Å². The van der Waals surface area contributed by atoms with E-state index in [2.05, 4.69) is 5.32 Å². The molecular formula is C14H21NO4. The first-order valence-corrected chi connectivity index (χ1v) is 6.70. The minimum absolute atomic E-state index is 0.00768. The molecule has 2 bridgehead atoms. The fraction of sp³-hybridized carbons (Fsp3) is 0.714. The molecule has 2 rings (SSSR count). The van der Waals surface area contributed by atoms with Gasteiger partial charge in [0.2, 0.25) is 5.91 Å². The number of amides is 1. The van der Waals surface area contributed by atoms with Gasteiger partial charge in [0.15, 0.2) is 0 Å². The van der Waals surface area contributed by atoms with Crippen molar-refractivity contribution in [1.82, 2.24) is 5.32 Å². The van der Waals surface area contributed by atoms with Gasteiger partial charge in [-0.25, -0.2) is 0 Å². The van der Waals surface area contributed by atoms with Crippen LogP contribution in [0, 0.1) is 23.7 Å². The highest BCUT2D eigenvalue weighted by Crippen LogP contribution is 2.48. The molecule has 0 radical (unpaired) electrons. The van der Waals surface area contributed by atoms with Crippen LogP contribution < -0.4 is 5.32 Å². The Morgan fingerprint density at radius 1 is 1.26 bits per heavy atom. The number of fused-ring (bicyclic) bond motifs is 2. The molecule has 0 aromatic carbocycles. The number of carbonyl (C=O) groups excluding carboxylic acids is 1. The van der Waals surface area contributed by atoms with Crippen LogP contribution in [0.3, 0.4) is 0 Å². The minimum atomic E-state index is -0.892. The number of hydrogen-bond acceptors (Lipinski definition) is 3. The van der Waals surface area contributed by atoms with Crippen LogP contribution in [0.15, 0.2) is 12.2 Å². The van der Waals surface area contributed by atoms with Crippen LogP contribution in [0.2, 0.25) is 0 Å². The molecule has 2 aliphatic carbocycles. The van der Waals surface area contributed by atoms with E-state index < -0.39 is 23.3 Å². The maximum Gasteiger partial charge on any atom is 0.307 e. The molecule has 0 heterocycles. The van der Waals surface area contributed by atoms with Crippen LogP contribution in [0.25, 0.3) is 0 Å². The normalized spacial score (nSPS) is 32.6. The number of rotatable bonds is 5. The standard InChI is InChI=1S/C14H21NO4/c1-14(2,5-6-16)15-12(17)10-8-3-4-9(7-8)11(10)13(18)19/h3-4,8-11,16H,5-7H2,1-2H3,(H,15,17)(H,18,19)/t8?,9?,10-,11+/m0/s1. The minimum Gasteiger partial charge on any atom is -0.481 e. The number of hydrogen-bond donors (Lipinski definition) is 3. The Bertz CT molecular complexity index is 416. The highest BCUT2D eigenvalue weighted by Gasteiger charge is 2.52. The van der Waals surface area contributed by atoms with Crippen molar-refractivity contribution in [3.8, 4) is 0 Å².